The van der Waals surface area contributed by atoms with Gasteiger partial charge in [-0.1, -0.05) is 6.07 Å². The lowest BCUT2D eigenvalue weighted by molar-refractivity contribution is -0.119. The predicted octanol–water partition coefficient (Wildman–Crippen LogP) is 3.67. The number of methoxy groups -OCH3 is 1. The van der Waals surface area contributed by atoms with E-state index in [-0.39, 0.29) is 16.7 Å². The molecule has 29 heavy (non-hydrogen) atoms. The van der Waals surface area contributed by atoms with Gasteiger partial charge in [-0.05, 0) is 79.5 Å². The fourth-order valence-corrected chi connectivity index (χ4v) is 5.28. The predicted molar refractivity (Wildman–Crippen MR) is 111 cm³/mol. The summed E-state index contributed by atoms with van der Waals surface area (Å²) in [7, 11) is -2.31. The lowest BCUT2D eigenvalue weighted by atomic mass is 10.1. The van der Waals surface area contributed by atoms with E-state index in [0.29, 0.717) is 23.9 Å². The summed E-state index contributed by atoms with van der Waals surface area (Å²) in [5, 5.41) is 0. The quantitative estimate of drug-likeness (QED) is 0.785. The molecule has 5 rings (SSSR count). The number of carbonyl (C=O) groups excluding carboxylic acids is 1. The molecule has 7 heteroatoms. The first-order chi connectivity index (χ1) is 14.0. The summed E-state index contributed by atoms with van der Waals surface area (Å²) in [6.45, 7) is 0.665. The van der Waals surface area contributed by atoms with Gasteiger partial charge in [0.25, 0.3) is 10.0 Å². The van der Waals surface area contributed by atoms with Crippen LogP contribution in [0.1, 0.15) is 42.7 Å². The molecule has 1 heterocycles. The van der Waals surface area contributed by atoms with Gasteiger partial charge in [-0.2, -0.15) is 0 Å². The van der Waals surface area contributed by atoms with E-state index in [2.05, 4.69) is 4.72 Å². The van der Waals surface area contributed by atoms with Crippen molar-refractivity contribution in [3.8, 4) is 5.75 Å². The molecule has 0 bridgehead atoms. The molecule has 3 aliphatic rings. The first kappa shape index (κ1) is 18.5. The molecule has 0 spiro atoms. The van der Waals surface area contributed by atoms with Crippen molar-refractivity contribution in [3.05, 3.63) is 47.5 Å². The van der Waals surface area contributed by atoms with Crippen LogP contribution in [-0.2, 0) is 21.2 Å². The molecule has 1 amide bonds. The van der Waals surface area contributed by atoms with Gasteiger partial charge in [0.15, 0.2) is 0 Å². The molecule has 0 radical (unpaired) electrons. The van der Waals surface area contributed by atoms with Crippen molar-refractivity contribution in [2.45, 2.75) is 42.9 Å². The summed E-state index contributed by atoms with van der Waals surface area (Å²) >= 11 is 0. The highest BCUT2D eigenvalue weighted by molar-refractivity contribution is 7.92. The van der Waals surface area contributed by atoms with E-state index in [1.54, 1.807) is 18.2 Å². The molecule has 0 unspecified atom stereocenters. The van der Waals surface area contributed by atoms with Crippen molar-refractivity contribution in [1.29, 1.82) is 0 Å². The van der Waals surface area contributed by atoms with Crippen LogP contribution in [-0.4, -0.2) is 28.0 Å². The zero-order chi connectivity index (χ0) is 20.2. The second-order valence-corrected chi connectivity index (χ2v) is 9.80. The summed E-state index contributed by atoms with van der Waals surface area (Å²) in [6, 6.07) is 10.8. The maximum Gasteiger partial charge on any atom is 0.265 e. The van der Waals surface area contributed by atoms with Crippen LogP contribution >= 0.6 is 0 Å². The Bertz CT molecular complexity index is 1090. The van der Waals surface area contributed by atoms with E-state index in [0.717, 1.165) is 48.9 Å². The van der Waals surface area contributed by atoms with E-state index >= 15 is 0 Å². The molecule has 2 aromatic carbocycles. The fraction of sp³-hybridized carbons (Fsp3) is 0.409. The first-order valence-electron chi connectivity index (χ1n) is 10.1. The van der Waals surface area contributed by atoms with Gasteiger partial charge in [0.2, 0.25) is 5.91 Å². The highest BCUT2D eigenvalue weighted by Crippen LogP contribution is 2.42. The number of amides is 1. The van der Waals surface area contributed by atoms with Crippen molar-refractivity contribution in [2.75, 3.05) is 23.3 Å². The number of nitrogens with zero attached hydrogens (tertiary/aromatic N) is 1. The molecule has 2 aromatic rings. The molecule has 152 valence electrons. The zero-order valence-corrected chi connectivity index (χ0v) is 17.2. The Morgan fingerprint density at radius 2 is 1.90 bits per heavy atom. The number of hydrogen-bond donors (Lipinski definition) is 1. The Hall–Kier alpha value is -2.54. The lowest BCUT2D eigenvalue weighted by Crippen LogP contribution is -2.30. The van der Waals surface area contributed by atoms with Crippen LogP contribution in [0.5, 0.6) is 5.75 Å². The normalized spacial score (nSPS) is 18.4. The molecule has 2 fully saturated rings. The number of nitrogens with one attached hydrogen (secondary N) is 1. The molecule has 1 aliphatic heterocycles. The monoisotopic (exact) mass is 412 g/mol. The third-order valence-corrected chi connectivity index (χ3v) is 7.35. The highest BCUT2D eigenvalue weighted by atomic mass is 32.2. The van der Waals surface area contributed by atoms with Crippen molar-refractivity contribution >= 4 is 27.3 Å². The Morgan fingerprint density at radius 3 is 2.59 bits per heavy atom. The van der Waals surface area contributed by atoms with Gasteiger partial charge >= 0.3 is 0 Å². The number of carbonyl (C=O) groups is 1. The third-order valence-electron chi connectivity index (χ3n) is 5.95. The van der Waals surface area contributed by atoms with E-state index in [9.17, 15) is 13.2 Å². The number of hydrogen-bond acceptors (Lipinski definition) is 4. The largest absolute Gasteiger partial charge is 0.495 e. The number of anilines is 2. The molecule has 0 saturated heterocycles. The second-order valence-electron chi connectivity index (χ2n) is 8.15. The van der Waals surface area contributed by atoms with Crippen LogP contribution < -0.4 is 14.4 Å². The van der Waals surface area contributed by atoms with Crippen molar-refractivity contribution < 1.29 is 17.9 Å². The summed E-state index contributed by atoms with van der Waals surface area (Å²) in [5.41, 5.74) is 3.44. The molecule has 2 saturated carbocycles. The SMILES string of the molecule is COc1ccc(C2CC2)cc1S(=O)(=O)Nc1ccc2c(c1)CCN2C(=O)C1CC1. The third kappa shape index (κ3) is 3.48. The van der Waals surface area contributed by atoms with Crippen LogP contribution in [0.2, 0.25) is 0 Å². The van der Waals surface area contributed by atoms with Crippen molar-refractivity contribution in [2.24, 2.45) is 5.92 Å². The van der Waals surface area contributed by atoms with E-state index in [4.69, 9.17) is 4.74 Å². The van der Waals surface area contributed by atoms with Gasteiger partial charge < -0.3 is 9.64 Å². The van der Waals surface area contributed by atoms with Crippen LogP contribution in [0, 0.1) is 5.92 Å². The minimum absolute atomic E-state index is 0.162. The van der Waals surface area contributed by atoms with Gasteiger partial charge in [0, 0.05) is 23.8 Å². The number of sulfonamides is 1. The molecule has 2 aliphatic carbocycles. The van der Waals surface area contributed by atoms with Crippen LogP contribution in [0.3, 0.4) is 0 Å². The number of fused-ring (bicyclic) bond motifs is 1. The van der Waals surface area contributed by atoms with Crippen molar-refractivity contribution in [3.63, 3.8) is 0 Å². The summed E-state index contributed by atoms with van der Waals surface area (Å²) < 4.78 is 34.2. The lowest BCUT2D eigenvalue weighted by Gasteiger charge is -2.18. The minimum atomic E-state index is -3.79. The molecule has 6 nitrogen and oxygen atoms in total. The van der Waals surface area contributed by atoms with Crippen LogP contribution in [0.4, 0.5) is 11.4 Å². The Balaban J connectivity index is 1.41. The summed E-state index contributed by atoms with van der Waals surface area (Å²) in [6.07, 6.45) is 4.89. The number of ether oxygens (including phenoxy) is 1. The van der Waals surface area contributed by atoms with Crippen LogP contribution in [0.25, 0.3) is 0 Å². The zero-order valence-electron chi connectivity index (χ0n) is 16.3. The average Bonchev–Trinajstić information content (AvgIpc) is 3.62. The molecular weight excluding hydrogens is 388 g/mol. The molecule has 0 aromatic heterocycles. The topological polar surface area (TPSA) is 75.7 Å². The van der Waals surface area contributed by atoms with Gasteiger partial charge in [-0.15, -0.1) is 0 Å². The van der Waals surface area contributed by atoms with Gasteiger partial charge in [0.05, 0.1) is 7.11 Å². The number of benzene rings is 2. The maximum atomic E-state index is 13.1. The molecule has 1 N–H and O–H groups in total. The molecular formula is C22H24N2O4S. The minimum Gasteiger partial charge on any atom is -0.495 e. The van der Waals surface area contributed by atoms with E-state index in [1.165, 1.54) is 7.11 Å². The average molecular weight is 413 g/mol. The Labute approximate surface area is 170 Å². The van der Waals surface area contributed by atoms with E-state index in [1.807, 2.05) is 23.1 Å². The van der Waals surface area contributed by atoms with Gasteiger partial charge in [-0.3, -0.25) is 9.52 Å². The standard InChI is InChI=1S/C22H24N2O4S/c1-28-20-9-6-16(14-2-3-14)13-21(20)29(26,27)23-18-7-8-19-17(12-18)10-11-24(19)22(25)15-4-5-15/h6-9,12-15,23H,2-5,10-11H2,1H3. The fourth-order valence-electron chi connectivity index (χ4n) is 4.03. The van der Waals surface area contributed by atoms with Gasteiger partial charge in [0.1, 0.15) is 10.6 Å². The summed E-state index contributed by atoms with van der Waals surface area (Å²) in [4.78, 5) is 14.4. The van der Waals surface area contributed by atoms with Crippen molar-refractivity contribution in [1.82, 2.24) is 0 Å². The van der Waals surface area contributed by atoms with Crippen LogP contribution in [0.15, 0.2) is 41.3 Å². The second kappa shape index (κ2) is 6.76. The summed E-state index contributed by atoms with van der Waals surface area (Å²) in [5.74, 6) is 1.15. The smallest absolute Gasteiger partial charge is 0.265 e. The first-order valence-corrected chi connectivity index (χ1v) is 11.6. The molecule has 0 atom stereocenters. The maximum absolute atomic E-state index is 13.1. The van der Waals surface area contributed by atoms with E-state index < -0.39 is 10.0 Å². The highest BCUT2D eigenvalue weighted by Gasteiger charge is 2.36. The number of rotatable bonds is 6. The Kier molecular flexibility index (Phi) is 4.31. The Morgan fingerprint density at radius 1 is 1.10 bits per heavy atom. The van der Waals surface area contributed by atoms with Gasteiger partial charge in [-0.25, -0.2) is 8.42 Å².